The van der Waals surface area contributed by atoms with E-state index >= 15 is 17.6 Å². The zero-order chi connectivity index (χ0) is 24.6. The summed E-state index contributed by atoms with van der Waals surface area (Å²) in [7, 11) is 0. The van der Waals surface area contributed by atoms with E-state index < -0.39 is 65.0 Å². The second kappa shape index (κ2) is 6.57. The normalized spacial score (nSPS) is 33.8. The van der Waals surface area contributed by atoms with E-state index in [1.165, 1.54) is 0 Å². The predicted molar refractivity (Wildman–Crippen MR) is 81.6 cm³/mol. The number of rotatable bonds is 5. The monoisotopic (exact) mass is 470 g/mol. The highest BCUT2D eigenvalue weighted by Gasteiger charge is 2.98. The molecule has 1 aliphatic heterocycles. The average Bonchev–Trinajstić information content (AvgIpc) is 2.59. The standard InChI is InChI=1S/C17H22F12O/c1-7-9(3,4)11(18)13(21,22)15(25,26)17(28,29)30-16(27,14(11,23)24)12(19,20)10(5,6)8-2/h7-8H2,1-6H3. The molecule has 30 heavy (non-hydrogen) atoms. The van der Waals surface area contributed by atoms with Crippen LogP contribution < -0.4 is 0 Å². The highest BCUT2D eigenvalue weighted by molar-refractivity contribution is 5.25. The van der Waals surface area contributed by atoms with E-state index in [0.29, 0.717) is 13.8 Å². The minimum Gasteiger partial charge on any atom is -0.267 e. The smallest absolute Gasteiger partial charge is 0.267 e. The summed E-state index contributed by atoms with van der Waals surface area (Å²) in [6.07, 6.45) is -9.03. The number of ether oxygens (including phenoxy) is 1. The summed E-state index contributed by atoms with van der Waals surface area (Å²) >= 11 is 0. The molecule has 0 saturated carbocycles. The Bertz CT molecular complexity index is 672. The Morgan fingerprint density at radius 2 is 1.03 bits per heavy atom. The Balaban J connectivity index is 4.27. The molecule has 0 spiro atoms. The van der Waals surface area contributed by atoms with Gasteiger partial charge in [-0.2, -0.15) is 48.3 Å². The van der Waals surface area contributed by atoms with E-state index in [2.05, 4.69) is 4.74 Å². The summed E-state index contributed by atoms with van der Waals surface area (Å²) in [5.74, 6) is -33.4. The molecular formula is C17H22F12O. The van der Waals surface area contributed by atoms with Gasteiger partial charge in [-0.05, 0) is 12.8 Å². The average molecular weight is 470 g/mol. The molecule has 1 heterocycles. The lowest BCUT2D eigenvalue weighted by atomic mass is 9.63. The quantitative estimate of drug-likeness (QED) is 0.381. The number of alkyl halides is 12. The van der Waals surface area contributed by atoms with Crippen LogP contribution in [0.25, 0.3) is 0 Å². The molecule has 0 aliphatic carbocycles. The van der Waals surface area contributed by atoms with Crippen LogP contribution in [0.1, 0.15) is 54.4 Å². The maximum Gasteiger partial charge on any atom is 0.428 e. The predicted octanol–water partition coefficient (Wildman–Crippen LogP) is 7.40. The van der Waals surface area contributed by atoms with Crippen LogP contribution in [-0.4, -0.2) is 41.3 Å². The Morgan fingerprint density at radius 1 is 0.633 bits per heavy atom. The van der Waals surface area contributed by atoms with Crippen LogP contribution in [-0.2, 0) is 4.74 Å². The Morgan fingerprint density at radius 3 is 1.37 bits per heavy atom. The highest BCUT2D eigenvalue weighted by Crippen LogP contribution is 2.71. The van der Waals surface area contributed by atoms with Crippen molar-refractivity contribution in [3.63, 3.8) is 0 Å². The minimum absolute atomic E-state index is 0.178. The fourth-order valence-electron chi connectivity index (χ4n) is 3.13. The van der Waals surface area contributed by atoms with Crippen LogP contribution in [0, 0.1) is 10.8 Å². The number of halogens is 12. The summed E-state index contributed by atoms with van der Waals surface area (Å²) < 4.78 is 178. The van der Waals surface area contributed by atoms with Crippen molar-refractivity contribution in [2.24, 2.45) is 10.8 Å². The Hall–Kier alpha value is -0.880. The molecule has 180 valence electrons. The Labute approximate surface area is 165 Å². The molecule has 1 nitrogen and oxygen atoms in total. The van der Waals surface area contributed by atoms with Crippen LogP contribution in [0.15, 0.2) is 0 Å². The van der Waals surface area contributed by atoms with Gasteiger partial charge in [-0.1, -0.05) is 41.5 Å². The van der Waals surface area contributed by atoms with Gasteiger partial charge in [-0.25, -0.2) is 4.39 Å². The third kappa shape index (κ3) is 2.68. The number of hydrogen-bond acceptors (Lipinski definition) is 1. The molecule has 1 fully saturated rings. The molecule has 1 aliphatic rings. The van der Waals surface area contributed by atoms with E-state index in [9.17, 15) is 35.1 Å². The summed E-state index contributed by atoms with van der Waals surface area (Å²) in [5.41, 5.74) is -12.7. The molecule has 0 aromatic heterocycles. The fraction of sp³-hybridized carbons (Fsp3) is 1.00. The van der Waals surface area contributed by atoms with Crippen molar-refractivity contribution in [1.29, 1.82) is 0 Å². The molecule has 0 amide bonds. The first-order valence-electron chi connectivity index (χ1n) is 8.80. The molecule has 0 aromatic rings. The van der Waals surface area contributed by atoms with Gasteiger partial charge in [0.1, 0.15) is 0 Å². The van der Waals surface area contributed by atoms with Gasteiger partial charge in [0.25, 0.3) is 5.67 Å². The summed E-state index contributed by atoms with van der Waals surface area (Å²) in [5, 5.41) is 0. The largest absolute Gasteiger partial charge is 0.428 e. The van der Waals surface area contributed by atoms with Crippen LogP contribution in [0.4, 0.5) is 52.7 Å². The van der Waals surface area contributed by atoms with Gasteiger partial charge in [-0.15, -0.1) is 0 Å². The summed E-state index contributed by atoms with van der Waals surface area (Å²) in [6.45, 7) is 2.70. The van der Waals surface area contributed by atoms with Crippen molar-refractivity contribution in [3.05, 3.63) is 0 Å². The number of hydrogen-bond donors (Lipinski definition) is 0. The van der Waals surface area contributed by atoms with Gasteiger partial charge in [0.2, 0.25) is 0 Å². The lowest BCUT2D eigenvalue weighted by molar-refractivity contribution is -0.474. The lowest BCUT2D eigenvalue weighted by Crippen LogP contribution is -2.77. The Kier molecular flexibility index (Phi) is 5.94. The van der Waals surface area contributed by atoms with E-state index in [1.807, 2.05) is 0 Å². The topological polar surface area (TPSA) is 9.23 Å². The molecule has 2 atom stereocenters. The summed E-state index contributed by atoms with van der Waals surface area (Å²) in [6, 6.07) is 0. The first-order chi connectivity index (χ1) is 12.8. The SMILES string of the molecule is CCC(C)(C)C(F)(F)C1(F)OC(F)(F)C(F)(F)C(F)(F)C(F)(C(C)(C)CC)C1(F)F. The van der Waals surface area contributed by atoms with Crippen molar-refractivity contribution < 1.29 is 57.4 Å². The first-order valence-corrected chi connectivity index (χ1v) is 8.80. The van der Waals surface area contributed by atoms with E-state index in [4.69, 9.17) is 0 Å². The molecule has 2 unspecified atom stereocenters. The van der Waals surface area contributed by atoms with Crippen molar-refractivity contribution in [3.8, 4) is 0 Å². The van der Waals surface area contributed by atoms with Gasteiger partial charge in [-0.3, -0.25) is 4.74 Å². The van der Waals surface area contributed by atoms with E-state index in [1.54, 1.807) is 0 Å². The summed E-state index contributed by atoms with van der Waals surface area (Å²) in [4.78, 5) is 0. The van der Waals surface area contributed by atoms with E-state index in [-0.39, 0.29) is 13.8 Å². The first kappa shape index (κ1) is 27.2. The van der Waals surface area contributed by atoms with Crippen molar-refractivity contribution in [2.45, 2.75) is 95.7 Å². The third-order valence-corrected chi connectivity index (χ3v) is 6.25. The maximum absolute atomic E-state index is 15.6. The molecule has 0 radical (unpaired) electrons. The van der Waals surface area contributed by atoms with Crippen molar-refractivity contribution >= 4 is 0 Å². The zero-order valence-corrected chi connectivity index (χ0v) is 16.9. The fourth-order valence-corrected chi connectivity index (χ4v) is 3.13. The third-order valence-electron chi connectivity index (χ3n) is 6.25. The molecule has 0 bridgehead atoms. The van der Waals surface area contributed by atoms with Crippen molar-refractivity contribution in [1.82, 2.24) is 0 Å². The second-order valence-corrected chi connectivity index (χ2v) is 8.65. The van der Waals surface area contributed by atoms with Gasteiger partial charge in [0, 0.05) is 10.8 Å². The van der Waals surface area contributed by atoms with E-state index in [0.717, 1.165) is 13.8 Å². The molecule has 0 N–H and O–H groups in total. The molecule has 0 aromatic carbocycles. The molecule has 1 rings (SSSR count). The van der Waals surface area contributed by atoms with Crippen LogP contribution >= 0.6 is 0 Å². The molecule has 1 saturated heterocycles. The maximum atomic E-state index is 15.6. The van der Waals surface area contributed by atoms with Crippen molar-refractivity contribution in [2.75, 3.05) is 0 Å². The van der Waals surface area contributed by atoms with Gasteiger partial charge >= 0.3 is 35.7 Å². The zero-order valence-electron chi connectivity index (χ0n) is 16.9. The minimum atomic E-state index is -7.12. The lowest BCUT2D eigenvalue weighted by Gasteiger charge is -2.52. The van der Waals surface area contributed by atoms with Gasteiger partial charge in [0.15, 0.2) is 0 Å². The van der Waals surface area contributed by atoms with Gasteiger partial charge < -0.3 is 0 Å². The van der Waals surface area contributed by atoms with Gasteiger partial charge in [0.05, 0.1) is 0 Å². The van der Waals surface area contributed by atoms with Crippen LogP contribution in [0.2, 0.25) is 0 Å². The molecule has 13 heteroatoms. The van der Waals surface area contributed by atoms with Crippen LogP contribution in [0.3, 0.4) is 0 Å². The highest BCUT2D eigenvalue weighted by atomic mass is 19.4. The second-order valence-electron chi connectivity index (χ2n) is 8.65. The molecular weight excluding hydrogens is 448 g/mol. The van der Waals surface area contributed by atoms with Crippen LogP contribution in [0.5, 0.6) is 0 Å².